The van der Waals surface area contributed by atoms with Crippen LogP contribution in [-0.2, 0) is 16.1 Å². The third kappa shape index (κ3) is 4.05. The fourth-order valence-corrected chi connectivity index (χ4v) is 4.12. The summed E-state index contributed by atoms with van der Waals surface area (Å²) in [7, 11) is -3.33. The Morgan fingerprint density at radius 1 is 1.10 bits per heavy atom. The molecule has 1 aromatic carbocycles. The first-order chi connectivity index (χ1) is 13.3. The molecule has 2 atom stereocenters. The Morgan fingerprint density at radius 2 is 1.72 bits per heavy atom. The molecule has 156 valence electrons. The second kappa shape index (κ2) is 6.99. The van der Waals surface area contributed by atoms with Crippen molar-refractivity contribution < 1.29 is 30.6 Å². The maximum atomic E-state index is 13.7. The maximum Gasteiger partial charge on any atom is 0.416 e. The van der Waals surface area contributed by atoms with Crippen molar-refractivity contribution >= 4 is 15.6 Å². The lowest BCUT2D eigenvalue weighted by Crippen LogP contribution is -2.39. The summed E-state index contributed by atoms with van der Waals surface area (Å²) in [6.07, 6.45) is -7.25. The predicted octanol–water partition coefficient (Wildman–Crippen LogP) is 4.30. The summed E-state index contributed by atoms with van der Waals surface area (Å²) in [6, 6.07) is 2.12. The zero-order chi connectivity index (χ0) is 21.6. The van der Waals surface area contributed by atoms with Crippen LogP contribution in [0.1, 0.15) is 17.2 Å². The van der Waals surface area contributed by atoms with Crippen LogP contribution in [0.15, 0.2) is 53.8 Å². The van der Waals surface area contributed by atoms with Crippen molar-refractivity contribution in [2.45, 2.75) is 23.3 Å². The van der Waals surface area contributed by atoms with Crippen molar-refractivity contribution in [2.24, 2.45) is 0 Å². The van der Waals surface area contributed by atoms with Crippen molar-refractivity contribution in [1.82, 2.24) is 18.9 Å². The van der Waals surface area contributed by atoms with Crippen LogP contribution in [0.5, 0.6) is 0 Å². The van der Waals surface area contributed by atoms with E-state index in [1.807, 2.05) is 0 Å². The van der Waals surface area contributed by atoms with Crippen LogP contribution in [0.3, 0.4) is 0 Å². The summed E-state index contributed by atoms with van der Waals surface area (Å²) >= 11 is 0. The smallest absolute Gasteiger partial charge is 0.236 e. The average molecular weight is 437 g/mol. The number of benzene rings is 1. The largest absolute Gasteiger partial charge is 0.416 e. The van der Waals surface area contributed by atoms with Gasteiger partial charge in [0.15, 0.2) is 5.65 Å². The topological polar surface area (TPSA) is 74.4 Å². The minimum absolute atomic E-state index is 0.175. The summed E-state index contributed by atoms with van der Waals surface area (Å²) in [5.41, 5.74) is -1.51. The molecule has 29 heavy (non-hydrogen) atoms. The number of nitrogens with zero attached hydrogens (tertiary/aromatic N) is 4. The normalized spacial score (nSPS) is 16.1. The Hall–Kier alpha value is -2.67. The van der Waals surface area contributed by atoms with Crippen LogP contribution in [0, 0.1) is 4.78 Å². The molecule has 0 unspecified atom stereocenters. The molecule has 0 fully saturated rings. The first-order valence-corrected chi connectivity index (χ1v) is 9.38. The molecule has 0 radical (unpaired) electrons. The summed E-state index contributed by atoms with van der Waals surface area (Å²) in [5, 5.41) is 3.80. The van der Waals surface area contributed by atoms with Crippen molar-refractivity contribution in [3.8, 4) is 0 Å². The second-order valence-electron chi connectivity index (χ2n) is 6.06. The van der Waals surface area contributed by atoms with Crippen LogP contribution in [0.4, 0.5) is 26.3 Å². The monoisotopic (exact) mass is 437 g/mol. The van der Waals surface area contributed by atoms with Gasteiger partial charge in [0, 0.05) is 19.3 Å². The predicted molar refractivity (Wildman–Crippen MR) is 90.1 cm³/mol. The molecule has 0 aliphatic heterocycles. The highest BCUT2D eigenvalue weighted by atomic mass is 32.2. The van der Waals surface area contributed by atoms with Crippen molar-refractivity contribution in [3.05, 3.63) is 60.0 Å². The number of halogens is 6. The molecule has 0 saturated heterocycles. The van der Waals surface area contributed by atoms with Crippen LogP contribution in [-0.4, -0.2) is 36.3 Å². The van der Waals surface area contributed by atoms with E-state index in [1.165, 1.54) is 29.2 Å². The number of fused-ring (bicyclic) bond motifs is 1. The maximum absolute atomic E-state index is 13.7. The van der Waals surface area contributed by atoms with E-state index < -0.39 is 39.4 Å². The summed E-state index contributed by atoms with van der Waals surface area (Å²) in [4.78, 5) is 3.58. The van der Waals surface area contributed by atoms with E-state index in [-0.39, 0.29) is 14.8 Å². The molecule has 0 aliphatic carbocycles. The number of pyridine rings is 1. The highest BCUT2D eigenvalue weighted by Crippen LogP contribution is 2.40. The Balaban J connectivity index is 2.04. The Morgan fingerprint density at radius 3 is 2.28 bits per heavy atom. The van der Waals surface area contributed by atoms with Gasteiger partial charge in [-0.1, -0.05) is 12.1 Å². The molecule has 1 N–H and O–H groups in total. The van der Waals surface area contributed by atoms with Crippen molar-refractivity contribution in [3.63, 3.8) is 0 Å². The van der Waals surface area contributed by atoms with E-state index in [1.54, 1.807) is 0 Å². The molecule has 0 bridgehead atoms. The first-order valence-electron chi connectivity index (χ1n) is 7.87. The first kappa shape index (κ1) is 21.0. The Bertz CT molecular complexity index is 1120. The minimum atomic E-state index is -5.00. The van der Waals surface area contributed by atoms with Gasteiger partial charge in [0.1, 0.15) is 22.3 Å². The van der Waals surface area contributed by atoms with Crippen LogP contribution in [0.2, 0.25) is 0 Å². The van der Waals surface area contributed by atoms with E-state index in [2.05, 4.69) is 10.1 Å². The number of alkyl halides is 6. The molecule has 3 rings (SSSR count). The Labute approximate surface area is 160 Å². The lowest BCUT2D eigenvalue weighted by atomic mass is 10.0. The lowest BCUT2D eigenvalue weighted by molar-refractivity contribution is -0.170. The molecular formula is C16H13F6N5OS. The number of nitrogens with one attached hydrogen (secondary N) is 1. The standard InChI is InChI=1S/C16H13F6N5OS/c1-26(29(23,28)12-6-7-27-13(8-12)24-9-25-27)14(16(20,21)22)10-2-4-11(5-3-10)15(17,18)19/h2-9,14,23H,1H3/t14-,29+/m1/s1. The van der Waals surface area contributed by atoms with E-state index in [0.717, 1.165) is 7.05 Å². The van der Waals surface area contributed by atoms with Gasteiger partial charge in [-0.3, -0.25) is 0 Å². The molecule has 3 aromatic rings. The van der Waals surface area contributed by atoms with Gasteiger partial charge in [-0.15, -0.1) is 0 Å². The molecule has 13 heteroatoms. The average Bonchev–Trinajstić information content (AvgIpc) is 3.08. The highest BCUT2D eigenvalue weighted by molar-refractivity contribution is 7.90. The fraction of sp³-hybridized carbons (Fsp3) is 0.250. The molecule has 2 heterocycles. The number of hydrogen-bond donors (Lipinski definition) is 1. The number of hydrogen-bond acceptors (Lipinski definition) is 4. The van der Waals surface area contributed by atoms with E-state index in [9.17, 15) is 30.6 Å². The molecule has 2 aromatic heterocycles. The van der Waals surface area contributed by atoms with Gasteiger partial charge < -0.3 is 0 Å². The number of aromatic nitrogens is 3. The molecule has 0 spiro atoms. The van der Waals surface area contributed by atoms with Crippen LogP contribution < -0.4 is 0 Å². The minimum Gasteiger partial charge on any atom is -0.236 e. The highest BCUT2D eigenvalue weighted by Gasteiger charge is 2.47. The van der Waals surface area contributed by atoms with Gasteiger partial charge in [-0.25, -0.2) is 22.8 Å². The summed E-state index contributed by atoms with van der Waals surface area (Å²) in [5.74, 6) is 0. The number of rotatable bonds is 4. The van der Waals surface area contributed by atoms with Gasteiger partial charge in [-0.05, 0) is 23.8 Å². The van der Waals surface area contributed by atoms with E-state index >= 15 is 0 Å². The lowest BCUT2D eigenvalue weighted by Gasteiger charge is -2.31. The molecule has 0 saturated carbocycles. The zero-order valence-electron chi connectivity index (χ0n) is 14.6. The van der Waals surface area contributed by atoms with E-state index in [0.29, 0.717) is 24.3 Å². The van der Waals surface area contributed by atoms with Gasteiger partial charge in [0.05, 0.1) is 10.5 Å². The molecular weight excluding hydrogens is 424 g/mol. The third-order valence-corrected chi connectivity index (χ3v) is 6.12. The van der Waals surface area contributed by atoms with Crippen LogP contribution in [0.25, 0.3) is 5.65 Å². The van der Waals surface area contributed by atoms with Gasteiger partial charge in [0.2, 0.25) is 0 Å². The van der Waals surface area contributed by atoms with Crippen molar-refractivity contribution in [2.75, 3.05) is 7.05 Å². The summed E-state index contributed by atoms with van der Waals surface area (Å²) < 4.78 is 102. The van der Waals surface area contributed by atoms with Crippen molar-refractivity contribution in [1.29, 1.82) is 4.78 Å². The SMILES string of the molecule is CN([C@H](c1ccc(C(F)(F)F)cc1)C(F)(F)F)[S@](=N)(=O)c1ccn2ncnc2c1. The quantitative estimate of drug-likeness (QED) is 0.619. The van der Waals surface area contributed by atoms with E-state index in [4.69, 9.17) is 4.78 Å². The van der Waals surface area contributed by atoms with Gasteiger partial charge in [0.25, 0.3) is 0 Å². The second-order valence-corrected chi connectivity index (χ2v) is 8.16. The zero-order valence-corrected chi connectivity index (χ0v) is 15.4. The molecule has 6 nitrogen and oxygen atoms in total. The van der Waals surface area contributed by atoms with Crippen LogP contribution >= 0.6 is 0 Å². The van der Waals surface area contributed by atoms with Gasteiger partial charge in [-0.2, -0.15) is 31.4 Å². The fourth-order valence-electron chi connectivity index (χ4n) is 2.74. The summed E-state index contributed by atoms with van der Waals surface area (Å²) in [6.45, 7) is 0. The molecule has 0 aliphatic rings. The Kier molecular flexibility index (Phi) is 5.07. The van der Waals surface area contributed by atoms with Gasteiger partial charge >= 0.3 is 12.4 Å². The third-order valence-electron chi connectivity index (χ3n) is 4.20. The molecule has 0 amide bonds.